The fourth-order valence-corrected chi connectivity index (χ4v) is 3.90. The van der Waals surface area contributed by atoms with Gasteiger partial charge >= 0.3 is 0 Å². The van der Waals surface area contributed by atoms with Crippen LogP contribution in [0, 0.1) is 0 Å². The lowest BCUT2D eigenvalue weighted by molar-refractivity contribution is 0.0239. The van der Waals surface area contributed by atoms with Crippen LogP contribution in [-0.2, 0) is 0 Å². The first-order chi connectivity index (χ1) is 9.21. The maximum Gasteiger partial charge on any atom is 0.123 e. The molecule has 1 aromatic carbocycles. The van der Waals surface area contributed by atoms with Crippen LogP contribution in [0.2, 0.25) is 0 Å². The molecule has 2 nitrogen and oxygen atoms in total. The molecule has 1 heterocycles. The Morgan fingerprint density at radius 2 is 2.05 bits per heavy atom. The Morgan fingerprint density at radius 1 is 1.25 bits per heavy atom. The van der Waals surface area contributed by atoms with Crippen LogP contribution < -0.4 is 4.74 Å². The molecule has 0 saturated heterocycles. The van der Waals surface area contributed by atoms with E-state index in [0.29, 0.717) is 5.92 Å². The van der Waals surface area contributed by atoms with Crippen LogP contribution in [0.25, 0.3) is 0 Å². The highest BCUT2D eigenvalue weighted by molar-refractivity contribution is 5.85. The van der Waals surface area contributed by atoms with Crippen LogP contribution in [0.1, 0.15) is 50.0 Å². The molecule has 1 aliphatic carbocycles. The van der Waals surface area contributed by atoms with E-state index in [9.17, 15) is 0 Å². The monoisotopic (exact) mass is 295 g/mol. The molecule has 2 unspecified atom stereocenters. The van der Waals surface area contributed by atoms with E-state index in [4.69, 9.17) is 4.74 Å². The van der Waals surface area contributed by atoms with Crippen LogP contribution in [0.15, 0.2) is 24.3 Å². The van der Waals surface area contributed by atoms with Crippen molar-refractivity contribution in [2.75, 3.05) is 20.6 Å². The predicted molar refractivity (Wildman–Crippen MR) is 86.0 cm³/mol. The Bertz CT molecular complexity index is 448. The fraction of sp³-hybridized carbons (Fsp3) is 0.647. The number of halogens is 1. The summed E-state index contributed by atoms with van der Waals surface area (Å²) in [5.41, 5.74) is 1.57. The van der Waals surface area contributed by atoms with E-state index in [2.05, 4.69) is 43.3 Å². The quantitative estimate of drug-likeness (QED) is 0.824. The number of hydrogen-bond donors (Lipinski definition) is 0. The van der Waals surface area contributed by atoms with Crippen molar-refractivity contribution in [2.24, 2.45) is 0 Å². The van der Waals surface area contributed by atoms with E-state index in [1.807, 2.05) is 0 Å². The van der Waals surface area contributed by atoms with E-state index in [0.717, 1.165) is 12.3 Å². The van der Waals surface area contributed by atoms with Crippen molar-refractivity contribution < 1.29 is 4.74 Å². The Hall–Kier alpha value is -0.730. The number of fused-ring (bicyclic) bond motifs is 3. The number of rotatable bonds is 4. The Labute approximate surface area is 128 Å². The number of benzene rings is 1. The number of nitrogens with zero attached hydrogens (tertiary/aromatic N) is 1. The second-order valence-electron chi connectivity index (χ2n) is 6.41. The highest BCUT2D eigenvalue weighted by Crippen LogP contribution is 2.53. The molecule has 0 bridgehead atoms. The molecule has 2 aliphatic rings. The number of para-hydroxylation sites is 1. The van der Waals surface area contributed by atoms with Gasteiger partial charge in [0.2, 0.25) is 0 Å². The minimum atomic E-state index is 0. The molecule has 1 aliphatic heterocycles. The molecule has 0 spiro atoms. The molecule has 20 heavy (non-hydrogen) atoms. The molecule has 1 fully saturated rings. The maximum atomic E-state index is 6.46. The van der Waals surface area contributed by atoms with E-state index in [1.165, 1.54) is 44.1 Å². The smallest absolute Gasteiger partial charge is 0.123 e. The molecule has 3 rings (SSSR count). The molecule has 112 valence electrons. The van der Waals surface area contributed by atoms with E-state index >= 15 is 0 Å². The minimum absolute atomic E-state index is 0. The summed E-state index contributed by atoms with van der Waals surface area (Å²) >= 11 is 0. The lowest BCUT2D eigenvalue weighted by Gasteiger charge is -2.38. The molecule has 3 heteroatoms. The number of hydrogen-bond acceptors (Lipinski definition) is 2. The van der Waals surface area contributed by atoms with Gasteiger partial charge in [0.1, 0.15) is 11.4 Å². The summed E-state index contributed by atoms with van der Waals surface area (Å²) in [6.45, 7) is 1.16. The average Bonchev–Trinajstić information content (AvgIpc) is 2.72. The second-order valence-corrected chi connectivity index (χ2v) is 6.41. The zero-order valence-electron chi connectivity index (χ0n) is 12.6. The summed E-state index contributed by atoms with van der Waals surface area (Å²) < 4.78 is 6.46. The molecule has 2 atom stereocenters. The van der Waals surface area contributed by atoms with Gasteiger partial charge in [-0.1, -0.05) is 24.6 Å². The van der Waals surface area contributed by atoms with Crippen LogP contribution in [0.4, 0.5) is 0 Å². The van der Waals surface area contributed by atoms with Crippen LogP contribution in [-0.4, -0.2) is 31.1 Å². The van der Waals surface area contributed by atoms with Gasteiger partial charge in [-0.25, -0.2) is 0 Å². The summed E-state index contributed by atoms with van der Waals surface area (Å²) in [5, 5.41) is 0. The first-order valence-corrected chi connectivity index (χ1v) is 7.64. The third kappa shape index (κ3) is 2.82. The van der Waals surface area contributed by atoms with Gasteiger partial charge in [-0.05, 0) is 58.8 Å². The van der Waals surface area contributed by atoms with Gasteiger partial charge in [0.15, 0.2) is 0 Å². The molecule has 1 aromatic rings. The molecule has 0 radical (unpaired) electrons. The van der Waals surface area contributed by atoms with Gasteiger partial charge in [0, 0.05) is 11.5 Å². The first-order valence-electron chi connectivity index (χ1n) is 7.64. The third-order valence-corrected chi connectivity index (χ3v) is 4.79. The highest BCUT2D eigenvalue weighted by atomic mass is 35.5. The molecular weight excluding hydrogens is 270 g/mol. The van der Waals surface area contributed by atoms with E-state index < -0.39 is 0 Å². The van der Waals surface area contributed by atoms with Crippen molar-refractivity contribution in [1.82, 2.24) is 4.90 Å². The summed E-state index contributed by atoms with van der Waals surface area (Å²) in [4.78, 5) is 2.27. The predicted octanol–water partition coefficient (Wildman–Crippen LogP) is 4.24. The van der Waals surface area contributed by atoms with Crippen molar-refractivity contribution in [3.05, 3.63) is 29.8 Å². The van der Waals surface area contributed by atoms with Crippen molar-refractivity contribution in [3.8, 4) is 5.75 Å². The SMILES string of the molecule is CN(C)CCCC12CCCCC1c1ccccc1O2.Cl. The molecule has 0 aromatic heterocycles. The summed E-state index contributed by atoms with van der Waals surface area (Å²) in [7, 11) is 4.31. The first kappa shape index (κ1) is 15.7. The van der Waals surface area contributed by atoms with Crippen LogP contribution in [0.5, 0.6) is 5.75 Å². The number of ether oxygens (including phenoxy) is 1. The normalized spacial score (nSPS) is 27.4. The Morgan fingerprint density at radius 3 is 2.85 bits per heavy atom. The second kappa shape index (κ2) is 6.36. The van der Waals surface area contributed by atoms with Gasteiger partial charge in [0.05, 0.1) is 0 Å². The summed E-state index contributed by atoms with van der Waals surface area (Å²) in [5.74, 6) is 1.79. The van der Waals surface area contributed by atoms with Gasteiger partial charge in [0.25, 0.3) is 0 Å². The Kier molecular flexibility index (Phi) is 4.98. The molecule has 0 amide bonds. The minimum Gasteiger partial charge on any atom is -0.486 e. The summed E-state index contributed by atoms with van der Waals surface area (Å²) in [6, 6.07) is 8.69. The van der Waals surface area contributed by atoms with Gasteiger partial charge in [-0.3, -0.25) is 0 Å². The van der Waals surface area contributed by atoms with Crippen molar-refractivity contribution >= 4 is 12.4 Å². The van der Waals surface area contributed by atoms with Gasteiger partial charge < -0.3 is 9.64 Å². The Balaban J connectivity index is 0.00000147. The topological polar surface area (TPSA) is 12.5 Å². The van der Waals surface area contributed by atoms with Gasteiger partial charge in [-0.2, -0.15) is 0 Å². The zero-order chi connectivity index (χ0) is 13.3. The van der Waals surface area contributed by atoms with Crippen molar-refractivity contribution in [3.63, 3.8) is 0 Å². The fourth-order valence-electron chi connectivity index (χ4n) is 3.90. The van der Waals surface area contributed by atoms with Crippen molar-refractivity contribution in [1.29, 1.82) is 0 Å². The molecule has 0 N–H and O–H groups in total. The zero-order valence-corrected chi connectivity index (χ0v) is 13.4. The van der Waals surface area contributed by atoms with Crippen molar-refractivity contribution in [2.45, 2.75) is 50.0 Å². The van der Waals surface area contributed by atoms with Gasteiger partial charge in [-0.15, -0.1) is 12.4 Å². The molecule has 1 saturated carbocycles. The average molecular weight is 296 g/mol. The van der Waals surface area contributed by atoms with E-state index in [-0.39, 0.29) is 18.0 Å². The van der Waals surface area contributed by atoms with Crippen LogP contribution in [0.3, 0.4) is 0 Å². The lowest BCUT2D eigenvalue weighted by atomic mass is 9.71. The summed E-state index contributed by atoms with van der Waals surface area (Å²) in [6.07, 6.45) is 7.66. The lowest BCUT2D eigenvalue weighted by Crippen LogP contribution is -2.41. The largest absolute Gasteiger partial charge is 0.486 e. The van der Waals surface area contributed by atoms with Crippen LogP contribution >= 0.6 is 12.4 Å². The van der Waals surface area contributed by atoms with E-state index in [1.54, 1.807) is 0 Å². The maximum absolute atomic E-state index is 6.46. The molecular formula is C17H26ClNO. The third-order valence-electron chi connectivity index (χ3n) is 4.79. The standard InChI is InChI=1S/C17H25NO.ClH/c1-18(2)13-7-12-17-11-6-5-9-15(17)14-8-3-4-10-16(14)19-17;/h3-4,8,10,15H,5-7,9,11-13H2,1-2H3;1H. The highest BCUT2D eigenvalue weighted by Gasteiger charge is 2.48.